The van der Waals surface area contributed by atoms with Gasteiger partial charge in [0.05, 0.1) is 0 Å². The van der Waals surface area contributed by atoms with Crippen LogP contribution >= 0.6 is 0 Å². The highest BCUT2D eigenvalue weighted by Crippen LogP contribution is 2.17. The summed E-state index contributed by atoms with van der Waals surface area (Å²) in [5.41, 5.74) is 4.47. The zero-order valence-corrected chi connectivity index (χ0v) is 14.5. The van der Waals surface area contributed by atoms with Crippen LogP contribution in [0.25, 0.3) is 0 Å². The van der Waals surface area contributed by atoms with Crippen LogP contribution in [0.4, 0.5) is 0 Å². The van der Waals surface area contributed by atoms with Crippen LogP contribution in [0, 0.1) is 0 Å². The molecule has 2 nitrogen and oxygen atoms in total. The average molecular weight is 298 g/mol. The summed E-state index contributed by atoms with van der Waals surface area (Å²) in [4.78, 5) is 4.16. The molecule has 0 bridgehead atoms. The Balaban J connectivity index is 5.17. The first-order valence-electron chi connectivity index (χ1n) is 7.75. The Kier molecular flexibility index (Phi) is 10.5. The van der Waals surface area contributed by atoms with Gasteiger partial charge in [-0.2, -0.15) is 0 Å². The van der Waals surface area contributed by atoms with E-state index in [4.69, 9.17) is 0 Å². The molecule has 0 saturated carbocycles. The molecule has 0 radical (unpaired) electrons. The zero-order chi connectivity index (χ0) is 17.0. The molecule has 120 valence electrons. The van der Waals surface area contributed by atoms with Crippen molar-refractivity contribution in [2.24, 2.45) is 4.99 Å². The summed E-state index contributed by atoms with van der Waals surface area (Å²) in [6, 6.07) is 0.220. The molecule has 1 N–H and O–H groups in total. The number of allylic oxidation sites excluding steroid dienone is 6. The van der Waals surface area contributed by atoms with Gasteiger partial charge in [0.2, 0.25) is 0 Å². The van der Waals surface area contributed by atoms with Gasteiger partial charge in [0.15, 0.2) is 0 Å². The molecule has 0 spiro atoms. The van der Waals surface area contributed by atoms with Crippen LogP contribution in [0.1, 0.15) is 40.5 Å². The lowest BCUT2D eigenvalue weighted by molar-refractivity contribution is 0.684. The fourth-order valence-corrected chi connectivity index (χ4v) is 1.92. The lowest BCUT2D eigenvalue weighted by Gasteiger charge is -2.18. The largest absolute Gasteiger partial charge is 0.382 e. The Hall–Kier alpha value is -2.09. The Morgan fingerprint density at radius 2 is 1.82 bits per heavy atom. The highest BCUT2D eigenvalue weighted by atomic mass is 14.9. The SMILES string of the molecule is C=C/C(=C\N=CC)C/C(C=C)=C/C(=C\C)C(C)NC(=C)CC. The van der Waals surface area contributed by atoms with E-state index in [0.717, 1.165) is 29.7 Å². The minimum Gasteiger partial charge on any atom is -0.382 e. The first-order chi connectivity index (χ1) is 10.5. The Morgan fingerprint density at radius 3 is 2.27 bits per heavy atom. The maximum Gasteiger partial charge on any atom is 0.0479 e. The molecule has 0 fully saturated rings. The van der Waals surface area contributed by atoms with Crippen molar-refractivity contribution in [3.63, 3.8) is 0 Å². The van der Waals surface area contributed by atoms with Crippen LogP contribution in [-0.2, 0) is 0 Å². The number of aliphatic imine (C=N–C) groups is 1. The Morgan fingerprint density at radius 1 is 1.18 bits per heavy atom. The molecule has 0 aromatic carbocycles. The van der Waals surface area contributed by atoms with Crippen LogP contribution in [0.3, 0.4) is 0 Å². The number of hydrogen-bond donors (Lipinski definition) is 1. The lowest BCUT2D eigenvalue weighted by atomic mass is 10.00. The van der Waals surface area contributed by atoms with Crippen molar-refractivity contribution in [2.75, 3.05) is 0 Å². The van der Waals surface area contributed by atoms with Gasteiger partial charge in [-0.15, -0.1) is 0 Å². The lowest BCUT2D eigenvalue weighted by Crippen LogP contribution is -2.26. The molecule has 0 aliphatic carbocycles. The predicted molar refractivity (Wildman–Crippen MR) is 101 cm³/mol. The molecule has 0 aliphatic heterocycles. The van der Waals surface area contributed by atoms with Gasteiger partial charge in [0.25, 0.3) is 0 Å². The quantitative estimate of drug-likeness (QED) is 0.418. The fourth-order valence-electron chi connectivity index (χ4n) is 1.92. The first-order valence-corrected chi connectivity index (χ1v) is 7.75. The minimum absolute atomic E-state index is 0.220. The Bertz CT molecular complexity index is 502. The van der Waals surface area contributed by atoms with E-state index in [1.807, 2.05) is 32.2 Å². The first kappa shape index (κ1) is 19.9. The summed E-state index contributed by atoms with van der Waals surface area (Å²) in [5, 5.41) is 3.41. The normalized spacial score (nSPS) is 14.8. The maximum atomic E-state index is 4.16. The van der Waals surface area contributed by atoms with Gasteiger partial charge in [0.1, 0.15) is 0 Å². The van der Waals surface area contributed by atoms with Gasteiger partial charge in [-0.1, -0.05) is 51.0 Å². The monoisotopic (exact) mass is 298 g/mol. The summed E-state index contributed by atoms with van der Waals surface area (Å²) in [6.45, 7) is 19.9. The van der Waals surface area contributed by atoms with Crippen LogP contribution in [0.5, 0.6) is 0 Å². The van der Waals surface area contributed by atoms with Gasteiger partial charge < -0.3 is 5.32 Å². The second-order valence-corrected chi connectivity index (χ2v) is 5.03. The van der Waals surface area contributed by atoms with E-state index in [9.17, 15) is 0 Å². The van der Waals surface area contributed by atoms with Crippen LogP contribution in [0.15, 0.2) is 77.6 Å². The molecule has 0 saturated heterocycles. The molecular weight excluding hydrogens is 268 g/mol. The standard InChI is InChI=1S/C20H30N2/c1-8-16(6)22-17(7)20(11-4)14-18(9-2)13-19(10-3)15-21-12-5/h9-12,14-15,17,22H,2-3,6,8,13H2,1,4-5,7H3/b18-14+,19-15+,20-11+,21-12?. The molecule has 1 atom stereocenters. The van der Waals surface area contributed by atoms with E-state index >= 15 is 0 Å². The summed E-state index contributed by atoms with van der Waals surface area (Å²) < 4.78 is 0. The average Bonchev–Trinajstić information content (AvgIpc) is 2.53. The van der Waals surface area contributed by atoms with Crippen molar-refractivity contribution < 1.29 is 0 Å². The summed E-state index contributed by atoms with van der Waals surface area (Å²) >= 11 is 0. The molecule has 0 aliphatic rings. The third-order valence-electron chi connectivity index (χ3n) is 3.35. The molecule has 0 rings (SSSR count). The Labute approximate surface area is 136 Å². The molecule has 1 unspecified atom stereocenters. The molecule has 0 amide bonds. The van der Waals surface area contributed by atoms with Gasteiger partial charge in [-0.25, -0.2) is 0 Å². The predicted octanol–water partition coefficient (Wildman–Crippen LogP) is 5.50. The van der Waals surface area contributed by atoms with Crippen molar-refractivity contribution in [1.82, 2.24) is 5.32 Å². The smallest absolute Gasteiger partial charge is 0.0479 e. The maximum absolute atomic E-state index is 4.16. The van der Waals surface area contributed by atoms with Crippen molar-refractivity contribution >= 4 is 6.21 Å². The molecule has 2 heteroatoms. The van der Waals surface area contributed by atoms with E-state index < -0.39 is 0 Å². The molecule has 0 heterocycles. The van der Waals surface area contributed by atoms with E-state index in [0.29, 0.717) is 0 Å². The topological polar surface area (TPSA) is 24.4 Å². The van der Waals surface area contributed by atoms with Gasteiger partial charge in [-0.3, -0.25) is 4.99 Å². The van der Waals surface area contributed by atoms with E-state index in [1.165, 1.54) is 5.57 Å². The summed E-state index contributed by atoms with van der Waals surface area (Å²) in [7, 11) is 0. The molecule has 0 aromatic rings. The third kappa shape index (κ3) is 7.63. The van der Waals surface area contributed by atoms with Crippen LogP contribution < -0.4 is 5.32 Å². The molecule has 22 heavy (non-hydrogen) atoms. The molecule has 0 aromatic heterocycles. The number of nitrogens with zero attached hydrogens (tertiary/aromatic N) is 1. The highest BCUT2D eigenvalue weighted by Gasteiger charge is 2.07. The van der Waals surface area contributed by atoms with Gasteiger partial charge in [0, 0.05) is 24.2 Å². The van der Waals surface area contributed by atoms with Crippen molar-refractivity contribution in [2.45, 2.75) is 46.6 Å². The van der Waals surface area contributed by atoms with Crippen molar-refractivity contribution in [1.29, 1.82) is 0 Å². The second-order valence-electron chi connectivity index (χ2n) is 5.03. The minimum atomic E-state index is 0.220. The number of nitrogens with one attached hydrogen (secondary N) is 1. The molecular formula is C20H30N2. The summed E-state index contributed by atoms with van der Waals surface area (Å²) in [6.07, 6.45) is 13.3. The zero-order valence-electron chi connectivity index (χ0n) is 14.5. The van der Waals surface area contributed by atoms with E-state index in [1.54, 1.807) is 6.21 Å². The summed E-state index contributed by atoms with van der Waals surface area (Å²) in [5.74, 6) is 0. The van der Waals surface area contributed by atoms with Crippen LogP contribution in [0.2, 0.25) is 0 Å². The second kappa shape index (κ2) is 11.6. The van der Waals surface area contributed by atoms with E-state index in [-0.39, 0.29) is 6.04 Å². The van der Waals surface area contributed by atoms with Crippen LogP contribution in [-0.4, -0.2) is 12.3 Å². The van der Waals surface area contributed by atoms with E-state index in [2.05, 4.69) is 56.0 Å². The number of hydrogen-bond acceptors (Lipinski definition) is 2. The fraction of sp³-hybridized carbons (Fsp3) is 0.350. The van der Waals surface area contributed by atoms with Gasteiger partial charge in [-0.05, 0) is 50.3 Å². The highest BCUT2D eigenvalue weighted by molar-refractivity contribution is 5.54. The van der Waals surface area contributed by atoms with Crippen molar-refractivity contribution in [3.05, 3.63) is 72.7 Å². The van der Waals surface area contributed by atoms with Gasteiger partial charge >= 0.3 is 0 Å². The number of rotatable bonds is 10. The van der Waals surface area contributed by atoms with Crippen molar-refractivity contribution in [3.8, 4) is 0 Å². The third-order valence-corrected chi connectivity index (χ3v) is 3.35.